The molecule has 0 aliphatic carbocycles. The molecule has 0 aromatic carbocycles. The van der Waals surface area contributed by atoms with Gasteiger partial charge in [-0.2, -0.15) is 0 Å². The maximum absolute atomic E-state index is 12.1. The number of hydrogen-bond acceptors (Lipinski definition) is 3. The van der Waals surface area contributed by atoms with Crippen LogP contribution in [-0.2, 0) is 14.8 Å². The highest BCUT2D eigenvalue weighted by Gasteiger charge is 2.63. The summed E-state index contributed by atoms with van der Waals surface area (Å²) in [6, 6.07) is 0. The number of carbonyl (C=O) groups excluding carboxylic acids is 2. The van der Waals surface area contributed by atoms with Crippen molar-refractivity contribution in [2.45, 2.75) is 38.8 Å². The lowest BCUT2D eigenvalue weighted by Crippen LogP contribution is -2.47. The molecule has 1 radical (unpaired) electrons. The Kier molecular flexibility index (Phi) is 3.43. The summed E-state index contributed by atoms with van der Waals surface area (Å²) in [5, 5.41) is 11.4. The van der Waals surface area contributed by atoms with Crippen molar-refractivity contribution >= 4 is 33.7 Å². The third-order valence-corrected chi connectivity index (χ3v) is 3.86. The minimum Gasteiger partial charge on any atom is -0.281 e. The molecule has 1 heterocycles. The van der Waals surface area contributed by atoms with Crippen LogP contribution in [0.1, 0.15) is 27.7 Å². The second-order valence-electron chi connectivity index (χ2n) is 5.17. The maximum Gasteiger partial charge on any atom is 0.227 e. The van der Waals surface area contributed by atoms with E-state index in [1.807, 2.05) is 0 Å². The van der Waals surface area contributed by atoms with E-state index in [1.54, 1.807) is 27.7 Å². The smallest absolute Gasteiger partial charge is 0.227 e. The average molecular weight is 267 g/mol. The molecule has 0 saturated carbocycles. The van der Waals surface area contributed by atoms with Crippen molar-refractivity contribution in [3.63, 3.8) is 0 Å². The minimum absolute atomic E-state index is 0.699. The van der Waals surface area contributed by atoms with Crippen LogP contribution in [0.4, 0.5) is 0 Å². The van der Waals surface area contributed by atoms with Gasteiger partial charge in [0.2, 0.25) is 10.5 Å². The Bertz CT molecular complexity index is 309. The van der Waals surface area contributed by atoms with E-state index in [9.17, 15) is 14.8 Å². The van der Waals surface area contributed by atoms with Gasteiger partial charge in [0.25, 0.3) is 0 Å². The highest BCUT2D eigenvalue weighted by molar-refractivity contribution is 6.67. The van der Waals surface area contributed by atoms with Gasteiger partial charge in [0.05, 0.1) is 22.9 Å². The number of nitrogens with zero attached hydrogens (tertiary/aromatic N) is 1. The number of rotatable bonds is 2. The number of hydroxylamine groups is 2. The number of hydrogen-bond donors (Lipinski definition) is 0. The van der Waals surface area contributed by atoms with Crippen LogP contribution < -0.4 is 0 Å². The molecular weight excluding hydrogens is 253 g/mol. The fourth-order valence-electron chi connectivity index (χ4n) is 2.63. The molecule has 1 aliphatic heterocycles. The molecule has 2 atom stereocenters. The summed E-state index contributed by atoms with van der Waals surface area (Å²) in [7, 11) is 0. The molecule has 6 heteroatoms. The Hall–Kier alpha value is -0.160. The molecule has 1 fully saturated rings. The van der Waals surface area contributed by atoms with E-state index in [0.29, 0.717) is 0 Å². The van der Waals surface area contributed by atoms with Crippen molar-refractivity contribution in [2.24, 2.45) is 11.8 Å². The summed E-state index contributed by atoms with van der Waals surface area (Å²) in [4.78, 5) is 22.8. The summed E-state index contributed by atoms with van der Waals surface area (Å²) in [6.07, 6.45) is 0. The first-order valence-electron chi connectivity index (χ1n) is 4.90. The summed E-state index contributed by atoms with van der Waals surface area (Å²) in [5.74, 6) is -1.77. The van der Waals surface area contributed by atoms with Gasteiger partial charge in [-0.15, -0.1) is 10.3 Å². The van der Waals surface area contributed by atoms with Gasteiger partial charge < -0.3 is 0 Å². The second kappa shape index (κ2) is 3.95. The molecule has 0 aromatic heterocycles. The molecule has 1 rings (SSSR count). The molecule has 0 amide bonds. The summed E-state index contributed by atoms with van der Waals surface area (Å²) < 4.78 is 0. The first kappa shape index (κ1) is 13.9. The van der Waals surface area contributed by atoms with Crippen LogP contribution in [0, 0.1) is 11.8 Å². The van der Waals surface area contributed by atoms with Gasteiger partial charge in [0.15, 0.2) is 0 Å². The first-order valence-corrected chi connectivity index (χ1v) is 5.66. The topological polar surface area (TPSA) is 57.3 Å². The highest BCUT2D eigenvalue weighted by Crippen LogP contribution is 2.49. The predicted octanol–water partition coefficient (Wildman–Crippen LogP) is 1.97. The van der Waals surface area contributed by atoms with E-state index in [-0.39, 0.29) is 0 Å². The van der Waals surface area contributed by atoms with Crippen LogP contribution in [0.5, 0.6) is 0 Å². The Morgan fingerprint density at radius 3 is 1.38 bits per heavy atom. The Morgan fingerprint density at radius 1 is 0.938 bits per heavy atom. The van der Waals surface area contributed by atoms with Crippen molar-refractivity contribution in [1.82, 2.24) is 5.06 Å². The van der Waals surface area contributed by atoms with Crippen molar-refractivity contribution in [1.29, 1.82) is 0 Å². The summed E-state index contributed by atoms with van der Waals surface area (Å²) in [6.45, 7) is 6.36. The summed E-state index contributed by atoms with van der Waals surface area (Å²) >= 11 is 11.0. The molecule has 0 spiro atoms. The second-order valence-corrected chi connectivity index (χ2v) is 5.91. The van der Waals surface area contributed by atoms with Crippen LogP contribution in [0.15, 0.2) is 0 Å². The molecule has 0 bridgehead atoms. The maximum atomic E-state index is 12.1. The van der Waals surface area contributed by atoms with E-state index in [4.69, 9.17) is 23.2 Å². The van der Waals surface area contributed by atoms with Crippen molar-refractivity contribution in [3.8, 4) is 0 Å². The van der Waals surface area contributed by atoms with E-state index in [0.717, 1.165) is 5.06 Å². The zero-order valence-corrected chi connectivity index (χ0v) is 11.1. The van der Waals surface area contributed by atoms with Crippen molar-refractivity contribution in [2.75, 3.05) is 0 Å². The van der Waals surface area contributed by atoms with Crippen LogP contribution in [0.25, 0.3) is 0 Å². The normalized spacial score (nSPS) is 32.7. The fraction of sp³-hybridized carbons (Fsp3) is 0.800. The molecule has 0 N–H and O–H groups in total. The van der Waals surface area contributed by atoms with Crippen molar-refractivity contribution in [3.05, 3.63) is 0 Å². The van der Waals surface area contributed by atoms with E-state index >= 15 is 0 Å². The molecular formula is C10H14Cl2NO3. The lowest BCUT2D eigenvalue weighted by atomic mass is 9.79. The monoisotopic (exact) mass is 266 g/mol. The largest absolute Gasteiger partial charge is 0.281 e. The molecule has 2 unspecified atom stereocenters. The average Bonchev–Trinajstić information content (AvgIpc) is 2.23. The number of carbonyl (C=O) groups is 2. The quantitative estimate of drug-likeness (QED) is 0.719. The van der Waals surface area contributed by atoms with E-state index in [1.165, 1.54) is 0 Å². The fourth-order valence-corrected chi connectivity index (χ4v) is 3.41. The van der Waals surface area contributed by atoms with Crippen LogP contribution >= 0.6 is 23.2 Å². The molecule has 91 valence electrons. The Balaban J connectivity index is 3.34. The molecule has 1 saturated heterocycles. The van der Waals surface area contributed by atoms with Gasteiger partial charge in [-0.05, 0) is 50.9 Å². The standard InChI is InChI=1S/C10H14Cl2NO3/c1-9(2)5(7(11)14)6(8(12)15)10(3,4)13(9)16/h5-6H,1-4H3. The molecule has 1 aliphatic rings. The van der Waals surface area contributed by atoms with Crippen molar-refractivity contribution < 1.29 is 14.8 Å². The molecule has 16 heavy (non-hydrogen) atoms. The molecule has 4 nitrogen and oxygen atoms in total. The van der Waals surface area contributed by atoms with Crippen LogP contribution in [0.3, 0.4) is 0 Å². The number of halogens is 2. The third-order valence-electron chi connectivity index (χ3n) is 3.39. The summed E-state index contributed by atoms with van der Waals surface area (Å²) in [5.41, 5.74) is -2.06. The lowest BCUT2D eigenvalue weighted by Gasteiger charge is -2.32. The first-order chi connectivity index (χ1) is 7.04. The molecule has 0 aromatic rings. The zero-order chi connectivity index (χ0) is 12.9. The van der Waals surface area contributed by atoms with Gasteiger partial charge in [0, 0.05) is 0 Å². The third kappa shape index (κ3) is 1.78. The van der Waals surface area contributed by atoms with Gasteiger partial charge in [0.1, 0.15) is 0 Å². The van der Waals surface area contributed by atoms with Gasteiger partial charge >= 0.3 is 0 Å². The van der Waals surface area contributed by atoms with E-state index in [2.05, 4.69) is 0 Å². The van der Waals surface area contributed by atoms with Gasteiger partial charge in [-0.1, -0.05) is 0 Å². The SMILES string of the molecule is CC1(C)C(C(=O)Cl)C(C(=O)Cl)C(C)(C)N1[O]. The highest BCUT2D eigenvalue weighted by atomic mass is 35.5. The lowest BCUT2D eigenvalue weighted by molar-refractivity contribution is -0.249. The van der Waals surface area contributed by atoms with Crippen LogP contribution in [-0.4, -0.2) is 26.6 Å². The minimum atomic E-state index is -1.03. The van der Waals surface area contributed by atoms with E-state index < -0.39 is 33.4 Å². The van der Waals surface area contributed by atoms with Gasteiger partial charge in [-0.3, -0.25) is 9.59 Å². The zero-order valence-electron chi connectivity index (χ0n) is 9.58. The Labute approximate surface area is 104 Å². The Morgan fingerprint density at radius 2 is 1.19 bits per heavy atom. The van der Waals surface area contributed by atoms with Crippen LogP contribution in [0.2, 0.25) is 0 Å². The predicted molar refractivity (Wildman–Crippen MR) is 59.4 cm³/mol. The van der Waals surface area contributed by atoms with Gasteiger partial charge in [-0.25, -0.2) is 0 Å².